The van der Waals surface area contributed by atoms with Gasteiger partial charge in [0.2, 0.25) is 0 Å². The highest BCUT2D eigenvalue weighted by Gasteiger charge is 2.08. The molecule has 0 aliphatic heterocycles. The van der Waals surface area contributed by atoms with Crippen molar-refractivity contribution in [1.29, 1.82) is 0 Å². The van der Waals surface area contributed by atoms with Gasteiger partial charge in [-0.25, -0.2) is 9.59 Å². The first-order valence-corrected chi connectivity index (χ1v) is 10.2. The molecule has 8 heteroatoms. The number of phenols is 2. The maximum Gasteiger partial charge on any atom is 0.339 e. The number of benzene rings is 1. The van der Waals surface area contributed by atoms with E-state index in [2.05, 4.69) is 19.9 Å². The van der Waals surface area contributed by atoms with Crippen molar-refractivity contribution in [1.82, 2.24) is 0 Å². The predicted octanol–water partition coefficient (Wildman–Crippen LogP) is 5.31. The van der Waals surface area contributed by atoms with Gasteiger partial charge in [0.15, 0.2) is 0 Å². The van der Waals surface area contributed by atoms with Gasteiger partial charge in [-0.3, -0.25) is 4.79 Å². The van der Waals surface area contributed by atoms with Crippen molar-refractivity contribution < 1.29 is 39.9 Å². The van der Waals surface area contributed by atoms with Crippen LogP contribution in [0.4, 0.5) is 0 Å². The maximum atomic E-state index is 10.3. The number of rotatable bonds is 8. The molecule has 1 atom stereocenters. The number of hydrogen-bond donors (Lipinski definition) is 5. The van der Waals surface area contributed by atoms with Crippen LogP contribution < -0.4 is 0 Å². The van der Waals surface area contributed by atoms with Crippen molar-refractivity contribution in [2.24, 2.45) is 11.8 Å². The Morgan fingerprint density at radius 1 is 0.969 bits per heavy atom. The number of carboxylic acids is 3. The summed E-state index contributed by atoms with van der Waals surface area (Å²) in [4.78, 5) is 30.7. The standard InChI is InChI=1S/C10H18O2.C7H6O4.C7H12O2/c1-8(2)5-4-6-9(3)7-10(11)12;8-4-1-2-5(7(10)11)6(9)3-4;1-5(2)4-6(3)7(8)9/h5,9H,4,6-7H2,1-3H3,(H,11,12);1-3,8-9H,(H,10,11);4-5H,1-3H3,(H,8,9). The summed E-state index contributed by atoms with van der Waals surface area (Å²) in [5.41, 5.74) is 1.50. The van der Waals surface area contributed by atoms with Crippen LogP contribution in [-0.2, 0) is 9.59 Å². The van der Waals surface area contributed by atoms with Crippen molar-refractivity contribution >= 4 is 17.9 Å². The monoisotopic (exact) mass is 452 g/mol. The van der Waals surface area contributed by atoms with E-state index in [-0.39, 0.29) is 23.7 Å². The summed E-state index contributed by atoms with van der Waals surface area (Å²) in [6, 6.07) is 3.31. The third kappa shape index (κ3) is 17.6. The zero-order valence-electron chi connectivity index (χ0n) is 19.6. The van der Waals surface area contributed by atoms with E-state index in [9.17, 15) is 14.4 Å². The Labute approximate surface area is 189 Å². The van der Waals surface area contributed by atoms with Crippen molar-refractivity contribution in [2.75, 3.05) is 0 Å². The summed E-state index contributed by atoms with van der Waals surface area (Å²) in [5.74, 6) is -2.73. The van der Waals surface area contributed by atoms with Crippen molar-refractivity contribution in [3.8, 4) is 11.5 Å². The Bertz CT molecular complexity index is 802. The van der Waals surface area contributed by atoms with E-state index < -0.39 is 23.7 Å². The smallest absolute Gasteiger partial charge is 0.339 e. The Kier molecular flexibility index (Phi) is 15.8. The molecule has 8 nitrogen and oxygen atoms in total. The summed E-state index contributed by atoms with van der Waals surface area (Å²) >= 11 is 0. The van der Waals surface area contributed by atoms with E-state index >= 15 is 0 Å². The molecular weight excluding hydrogens is 416 g/mol. The molecule has 1 aromatic carbocycles. The summed E-state index contributed by atoms with van der Waals surface area (Å²) in [7, 11) is 0. The summed E-state index contributed by atoms with van der Waals surface area (Å²) in [6.07, 6.45) is 6.13. The van der Waals surface area contributed by atoms with Crippen LogP contribution in [0.2, 0.25) is 0 Å². The van der Waals surface area contributed by atoms with E-state index in [1.807, 2.05) is 20.8 Å². The number of carboxylic acid groups (broad SMARTS) is 3. The highest BCUT2D eigenvalue weighted by Crippen LogP contribution is 2.21. The minimum Gasteiger partial charge on any atom is -0.508 e. The summed E-state index contributed by atoms with van der Waals surface area (Å²) in [5, 5.41) is 42.9. The van der Waals surface area contributed by atoms with Crippen molar-refractivity contribution in [3.05, 3.63) is 47.1 Å². The van der Waals surface area contributed by atoms with Gasteiger partial charge in [-0.05, 0) is 57.6 Å². The molecule has 0 aromatic heterocycles. The molecule has 1 rings (SSSR count). The first kappa shape index (κ1) is 30.9. The fourth-order valence-electron chi connectivity index (χ4n) is 2.33. The van der Waals surface area contributed by atoms with E-state index in [0.29, 0.717) is 11.5 Å². The number of aromatic hydroxyl groups is 2. The second-order valence-corrected chi connectivity index (χ2v) is 7.97. The molecule has 1 aromatic rings. The highest BCUT2D eigenvalue weighted by molar-refractivity contribution is 5.90. The van der Waals surface area contributed by atoms with Gasteiger partial charge in [0.25, 0.3) is 0 Å². The average Bonchev–Trinajstić information content (AvgIpc) is 2.60. The van der Waals surface area contributed by atoms with E-state index in [0.717, 1.165) is 25.0 Å². The molecule has 0 bridgehead atoms. The summed E-state index contributed by atoms with van der Waals surface area (Å²) in [6.45, 7) is 11.6. The minimum absolute atomic E-state index is 0.160. The van der Waals surface area contributed by atoms with Gasteiger partial charge >= 0.3 is 17.9 Å². The van der Waals surface area contributed by atoms with Gasteiger partial charge in [-0.2, -0.15) is 0 Å². The lowest BCUT2D eigenvalue weighted by Crippen LogP contribution is -2.03. The zero-order valence-corrected chi connectivity index (χ0v) is 19.6. The number of hydrogen-bond acceptors (Lipinski definition) is 5. The Morgan fingerprint density at radius 3 is 1.88 bits per heavy atom. The van der Waals surface area contributed by atoms with Crippen LogP contribution >= 0.6 is 0 Å². The molecule has 0 saturated carbocycles. The second-order valence-electron chi connectivity index (χ2n) is 7.97. The lowest BCUT2D eigenvalue weighted by molar-refractivity contribution is -0.138. The van der Waals surface area contributed by atoms with Crippen LogP contribution in [0.15, 0.2) is 41.5 Å². The molecule has 180 valence electrons. The second kappa shape index (κ2) is 16.4. The lowest BCUT2D eigenvalue weighted by Gasteiger charge is -2.05. The molecule has 0 saturated heterocycles. The SMILES string of the molecule is CC(=CC(C)C)C(=O)O.CC(C)=CCCC(C)CC(=O)O.O=C(O)c1ccc(O)cc1O. The van der Waals surface area contributed by atoms with Crippen LogP contribution in [0.5, 0.6) is 11.5 Å². The molecular formula is C24H36O8. The Balaban J connectivity index is 0. The van der Waals surface area contributed by atoms with Gasteiger partial charge in [-0.1, -0.05) is 38.5 Å². The molecule has 0 radical (unpaired) electrons. The normalized spacial score (nSPS) is 11.3. The number of carbonyl (C=O) groups is 3. The molecule has 0 heterocycles. The van der Waals surface area contributed by atoms with Crippen molar-refractivity contribution in [2.45, 2.75) is 60.8 Å². The number of aromatic carboxylic acids is 1. The van der Waals surface area contributed by atoms with Crippen LogP contribution in [0.25, 0.3) is 0 Å². The summed E-state index contributed by atoms with van der Waals surface area (Å²) < 4.78 is 0. The number of phenolic OH excluding ortho intramolecular Hbond substituents is 1. The van der Waals surface area contributed by atoms with E-state index in [4.69, 9.17) is 25.5 Å². The zero-order chi connectivity index (χ0) is 25.4. The van der Waals surface area contributed by atoms with Crippen LogP contribution in [0.3, 0.4) is 0 Å². The predicted molar refractivity (Wildman–Crippen MR) is 123 cm³/mol. The van der Waals surface area contributed by atoms with Gasteiger partial charge in [0, 0.05) is 18.1 Å². The molecule has 1 unspecified atom stereocenters. The third-order valence-electron chi connectivity index (χ3n) is 3.87. The highest BCUT2D eigenvalue weighted by atomic mass is 16.4. The molecule has 0 fully saturated rings. The fraction of sp³-hybridized carbons (Fsp3) is 0.458. The molecule has 0 aliphatic rings. The van der Waals surface area contributed by atoms with Crippen molar-refractivity contribution in [3.63, 3.8) is 0 Å². The van der Waals surface area contributed by atoms with Gasteiger partial charge in [-0.15, -0.1) is 0 Å². The molecule has 32 heavy (non-hydrogen) atoms. The Hall–Kier alpha value is -3.29. The fourth-order valence-corrected chi connectivity index (χ4v) is 2.33. The average molecular weight is 453 g/mol. The molecule has 0 spiro atoms. The Morgan fingerprint density at radius 2 is 1.53 bits per heavy atom. The minimum atomic E-state index is -1.22. The first-order valence-electron chi connectivity index (χ1n) is 10.2. The quantitative estimate of drug-likeness (QED) is 0.263. The lowest BCUT2D eigenvalue weighted by atomic mass is 10.0. The van der Waals surface area contributed by atoms with E-state index in [1.54, 1.807) is 13.0 Å². The third-order valence-corrected chi connectivity index (χ3v) is 3.87. The van der Waals surface area contributed by atoms with Crippen LogP contribution in [0.1, 0.15) is 71.2 Å². The molecule has 0 amide bonds. The van der Waals surface area contributed by atoms with Crippen LogP contribution in [0, 0.1) is 11.8 Å². The number of aliphatic carboxylic acids is 2. The largest absolute Gasteiger partial charge is 0.508 e. The topological polar surface area (TPSA) is 152 Å². The van der Waals surface area contributed by atoms with Gasteiger partial charge in [0.1, 0.15) is 17.1 Å². The molecule has 0 aliphatic carbocycles. The van der Waals surface area contributed by atoms with Gasteiger partial charge in [0.05, 0.1) is 0 Å². The molecule has 5 N–H and O–H groups in total. The maximum absolute atomic E-state index is 10.3. The van der Waals surface area contributed by atoms with Crippen LogP contribution in [-0.4, -0.2) is 43.4 Å². The van der Waals surface area contributed by atoms with Gasteiger partial charge < -0.3 is 25.5 Å². The first-order chi connectivity index (χ1) is 14.7. The number of allylic oxidation sites excluding steroid dienone is 3. The van der Waals surface area contributed by atoms with E-state index in [1.165, 1.54) is 11.6 Å².